The number of aliphatic imine (C=N–C) groups is 1. The minimum absolute atomic E-state index is 0.625. The van der Waals surface area contributed by atoms with Crippen molar-refractivity contribution in [1.82, 2.24) is 0 Å². The number of anilines is 1. The normalized spacial score (nSPS) is 15.5. The van der Waals surface area contributed by atoms with Crippen molar-refractivity contribution in [2.45, 2.75) is 26.2 Å². The maximum atomic E-state index is 6.72. The van der Waals surface area contributed by atoms with Crippen molar-refractivity contribution < 1.29 is 4.74 Å². The molecule has 1 heterocycles. The zero-order valence-electron chi connectivity index (χ0n) is 28.2. The van der Waals surface area contributed by atoms with Gasteiger partial charge >= 0.3 is 0 Å². The second-order valence-electron chi connectivity index (χ2n) is 13.1. The van der Waals surface area contributed by atoms with E-state index >= 15 is 0 Å². The molecule has 0 aromatic heterocycles. The SMILES string of the molecule is CCN=C1C=Cc2cc3c(cc2=C1)C1(c2ccccc2Oc2ccccc21)c1cc2cc(N(CC)CC)ccc2cc1C=3c1ccccc1. The van der Waals surface area contributed by atoms with E-state index < -0.39 is 5.41 Å². The molecule has 0 amide bonds. The Labute approximate surface area is 287 Å². The van der Waals surface area contributed by atoms with Gasteiger partial charge in [-0.3, -0.25) is 4.99 Å². The molecule has 3 aliphatic rings. The molecular weight excluding hydrogens is 597 g/mol. The Bertz CT molecular complexity index is 2440. The highest BCUT2D eigenvalue weighted by Crippen LogP contribution is 2.57. The third kappa shape index (κ3) is 4.38. The highest BCUT2D eigenvalue weighted by molar-refractivity contribution is 6.20. The summed E-state index contributed by atoms with van der Waals surface area (Å²) in [4.78, 5) is 7.21. The maximum Gasteiger partial charge on any atom is 0.132 e. The molecule has 9 rings (SSSR count). The van der Waals surface area contributed by atoms with Gasteiger partial charge in [-0.2, -0.15) is 0 Å². The Morgan fingerprint density at radius 2 is 1.35 bits per heavy atom. The van der Waals surface area contributed by atoms with E-state index in [9.17, 15) is 0 Å². The van der Waals surface area contributed by atoms with Crippen molar-refractivity contribution in [3.63, 3.8) is 0 Å². The molecule has 6 aromatic rings. The van der Waals surface area contributed by atoms with Crippen LogP contribution >= 0.6 is 0 Å². The van der Waals surface area contributed by atoms with Crippen LogP contribution in [0.15, 0.2) is 132 Å². The van der Waals surface area contributed by atoms with Crippen molar-refractivity contribution in [2.24, 2.45) is 4.99 Å². The van der Waals surface area contributed by atoms with Gasteiger partial charge in [0.1, 0.15) is 11.5 Å². The summed E-state index contributed by atoms with van der Waals surface area (Å²) in [6.45, 7) is 9.23. The fraction of sp³-hybridized carbons (Fsp3) is 0.152. The van der Waals surface area contributed by atoms with Crippen LogP contribution < -0.4 is 20.1 Å². The van der Waals surface area contributed by atoms with Crippen LogP contribution in [0.4, 0.5) is 5.69 Å². The molecule has 49 heavy (non-hydrogen) atoms. The molecule has 1 aliphatic heterocycles. The number of hydrogen-bond donors (Lipinski definition) is 0. The van der Waals surface area contributed by atoms with Crippen LogP contribution in [0.1, 0.15) is 59.7 Å². The van der Waals surface area contributed by atoms with Gasteiger partial charge in [-0.15, -0.1) is 0 Å². The van der Waals surface area contributed by atoms with E-state index in [2.05, 4.69) is 165 Å². The first kappa shape index (κ1) is 29.5. The van der Waals surface area contributed by atoms with Gasteiger partial charge in [0, 0.05) is 36.4 Å². The summed E-state index contributed by atoms with van der Waals surface area (Å²) in [5.41, 5.74) is 11.4. The third-order valence-electron chi connectivity index (χ3n) is 10.6. The fourth-order valence-corrected chi connectivity index (χ4v) is 8.45. The average molecular weight is 635 g/mol. The number of nitrogens with zero attached hydrogens (tertiary/aromatic N) is 2. The first-order valence-electron chi connectivity index (χ1n) is 17.5. The Balaban J connectivity index is 1.52. The standard InChI is InChI=1S/C46H38N2O/c1-4-47-35-22-20-31-26-37-41(28-33(31)24-35)46(39-16-10-12-18-43(39)49-44-19-13-11-17-40(44)46)42-29-34-25-36(48(5-2)6-3)23-21-32(34)27-38(42)45(37)30-14-8-7-9-15-30/h7-29H,4-6H2,1-3H3. The van der Waals surface area contributed by atoms with Crippen LogP contribution in [0.25, 0.3) is 28.5 Å². The topological polar surface area (TPSA) is 24.8 Å². The molecule has 3 nitrogen and oxygen atoms in total. The number of fused-ring (bicyclic) bond motifs is 10. The predicted molar refractivity (Wildman–Crippen MR) is 205 cm³/mol. The summed E-state index contributed by atoms with van der Waals surface area (Å²) in [7, 11) is 0. The molecule has 0 saturated carbocycles. The van der Waals surface area contributed by atoms with E-state index in [1.807, 2.05) is 0 Å². The molecule has 0 N–H and O–H groups in total. The van der Waals surface area contributed by atoms with Crippen molar-refractivity contribution >= 4 is 39.9 Å². The first-order valence-corrected chi connectivity index (χ1v) is 17.5. The van der Waals surface area contributed by atoms with Crippen LogP contribution in [0, 0.1) is 0 Å². The number of hydrogen-bond acceptors (Lipinski definition) is 3. The Morgan fingerprint density at radius 3 is 2.06 bits per heavy atom. The van der Waals surface area contributed by atoms with Crippen LogP contribution in [-0.4, -0.2) is 25.3 Å². The molecule has 2 aliphatic carbocycles. The third-order valence-corrected chi connectivity index (χ3v) is 10.6. The molecule has 0 saturated heterocycles. The summed E-state index contributed by atoms with van der Waals surface area (Å²) < 4.78 is 6.72. The van der Waals surface area contributed by atoms with Gasteiger partial charge in [0.2, 0.25) is 0 Å². The number of rotatable bonds is 5. The van der Waals surface area contributed by atoms with E-state index in [4.69, 9.17) is 9.73 Å². The van der Waals surface area contributed by atoms with E-state index in [0.29, 0.717) is 0 Å². The van der Waals surface area contributed by atoms with Crippen molar-refractivity contribution in [1.29, 1.82) is 0 Å². The molecule has 3 heteroatoms. The van der Waals surface area contributed by atoms with Crippen LogP contribution in [0.5, 0.6) is 11.5 Å². The number of allylic oxidation sites excluding steroid dienone is 1. The second-order valence-corrected chi connectivity index (χ2v) is 13.1. The summed E-state index contributed by atoms with van der Waals surface area (Å²) in [5, 5.41) is 4.92. The fourth-order valence-electron chi connectivity index (χ4n) is 8.45. The molecule has 238 valence electrons. The monoisotopic (exact) mass is 634 g/mol. The van der Waals surface area contributed by atoms with Gasteiger partial charge in [0.05, 0.1) is 11.1 Å². The number of para-hydroxylation sites is 2. The number of ether oxygens (including phenoxy) is 1. The zero-order chi connectivity index (χ0) is 33.1. The predicted octanol–water partition coefficient (Wildman–Crippen LogP) is 9.00. The van der Waals surface area contributed by atoms with E-state index in [1.165, 1.54) is 60.3 Å². The minimum Gasteiger partial charge on any atom is -0.457 e. The quantitative estimate of drug-likeness (QED) is 0.189. The molecule has 0 unspecified atom stereocenters. The van der Waals surface area contributed by atoms with Crippen molar-refractivity contribution in [3.05, 3.63) is 177 Å². The highest BCUT2D eigenvalue weighted by Gasteiger charge is 2.49. The molecule has 6 aromatic carbocycles. The van der Waals surface area contributed by atoms with E-state index in [1.54, 1.807) is 0 Å². The van der Waals surface area contributed by atoms with Gasteiger partial charge in [0.25, 0.3) is 0 Å². The van der Waals surface area contributed by atoms with Gasteiger partial charge in [-0.1, -0.05) is 78.9 Å². The lowest BCUT2D eigenvalue weighted by molar-refractivity contribution is 0.433. The molecule has 0 bridgehead atoms. The van der Waals surface area contributed by atoms with Crippen LogP contribution in [-0.2, 0) is 5.41 Å². The van der Waals surface area contributed by atoms with Crippen molar-refractivity contribution in [2.75, 3.05) is 24.5 Å². The second kappa shape index (κ2) is 11.5. The lowest BCUT2D eigenvalue weighted by Crippen LogP contribution is -2.44. The molecule has 0 fully saturated rings. The van der Waals surface area contributed by atoms with E-state index in [0.717, 1.165) is 48.0 Å². The largest absolute Gasteiger partial charge is 0.457 e. The maximum absolute atomic E-state index is 6.72. The molecular formula is C46H38N2O. The molecule has 0 atom stereocenters. The van der Waals surface area contributed by atoms with Crippen LogP contribution in [0.2, 0.25) is 0 Å². The van der Waals surface area contributed by atoms with E-state index in [-0.39, 0.29) is 0 Å². The Hall–Kier alpha value is -5.67. The minimum atomic E-state index is -0.625. The van der Waals surface area contributed by atoms with Gasteiger partial charge in [-0.25, -0.2) is 0 Å². The van der Waals surface area contributed by atoms with Crippen molar-refractivity contribution in [3.8, 4) is 11.5 Å². The lowest BCUT2D eigenvalue weighted by Gasteiger charge is -2.45. The Morgan fingerprint density at radius 1 is 0.633 bits per heavy atom. The summed E-state index contributed by atoms with van der Waals surface area (Å²) >= 11 is 0. The summed E-state index contributed by atoms with van der Waals surface area (Å²) in [5.74, 6) is 1.79. The summed E-state index contributed by atoms with van der Waals surface area (Å²) in [6, 6.07) is 45.0. The highest BCUT2D eigenvalue weighted by atomic mass is 16.5. The van der Waals surface area contributed by atoms with Gasteiger partial charge in [-0.05, 0) is 136 Å². The molecule has 1 spiro atoms. The zero-order valence-corrected chi connectivity index (χ0v) is 28.2. The lowest BCUT2D eigenvalue weighted by atomic mass is 9.58. The van der Waals surface area contributed by atoms with Gasteiger partial charge in [0.15, 0.2) is 0 Å². The first-order chi connectivity index (χ1) is 24.1. The summed E-state index contributed by atoms with van der Waals surface area (Å²) in [6.07, 6.45) is 6.63. The Kier molecular flexibility index (Phi) is 6.91. The smallest absolute Gasteiger partial charge is 0.132 e. The number of benzene rings is 6. The molecule has 0 radical (unpaired) electrons. The average Bonchev–Trinajstić information content (AvgIpc) is 3.14. The van der Waals surface area contributed by atoms with Gasteiger partial charge < -0.3 is 9.64 Å². The van der Waals surface area contributed by atoms with Crippen LogP contribution in [0.3, 0.4) is 0 Å².